The van der Waals surface area contributed by atoms with E-state index in [9.17, 15) is 10.1 Å². The second-order valence-electron chi connectivity index (χ2n) is 8.39. The Morgan fingerprint density at radius 2 is 1.57 bits per heavy atom. The van der Waals surface area contributed by atoms with Gasteiger partial charge in [-0.1, -0.05) is 66.7 Å². The van der Waals surface area contributed by atoms with Crippen LogP contribution >= 0.6 is 0 Å². The van der Waals surface area contributed by atoms with E-state index >= 15 is 0 Å². The molecule has 170 valence electrons. The van der Waals surface area contributed by atoms with E-state index in [1.807, 2.05) is 91.9 Å². The fourth-order valence-corrected chi connectivity index (χ4v) is 4.16. The summed E-state index contributed by atoms with van der Waals surface area (Å²) in [6.07, 6.45) is 0.856. The molecule has 0 spiro atoms. The van der Waals surface area contributed by atoms with Crippen molar-refractivity contribution < 1.29 is 4.79 Å². The first kappa shape index (κ1) is 22.1. The summed E-state index contributed by atoms with van der Waals surface area (Å²) in [5.41, 5.74) is 6.98. The molecule has 0 aliphatic rings. The Bertz CT molecular complexity index is 1550. The number of hydrogen-bond donors (Lipinski definition) is 1. The van der Waals surface area contributed by atoms with E-state index in [-0.39, 0.29) is 5.78 Å². The molecule has 0 fully saturated rings. The van der Waals surface area contributed by atoms with Gasteiger partial charge < -0.3 is 5.32 Å². The fraction of sp³-hybridized carbons (Fsp3) is 0.103. The van der Waals surface area contributed by atoms with Crippen molar-refractivity contribution in [1.29, 1.82) is 5.26 Å². The Balaban J connectivity index is 1.34. The van der Waals surface area contributed by atoms with Gasteiger partial charge in [0.2, 0.25) is 5.95 Å². The first-order chi connectivity index (χ1) is 17.1. The molecule has 2 heterocycles. The van der Waals surface area contributed by atoms with Crippen LogP contribution in [0.25, 0.3) is 16.8 Å². The van der Waals surface area contributed by atoms with E-state index in [1.54, 1.807) is 10.6 Å². The summed E-state index contributed by atoms with van der Waals surface area (Å²) in [4.78, 5) is 17.0. The number of anilines is 2. The van der Waals surface area contributed by atoms with E-state index in [4.69, 9.17) is 0 Å². The second-order valence-corrected chi connectivity index (χ2v) is 8.39. The minimum absolute atomic E-state index is 0.196. The smallest absolute Gasteiger partial charge is 0.247 e. The van der Waals surface area contributed by atoms with Gasteiger partial charge in [-0.25, -0.2) is 4.52 Å². The van der Waals surface area contributed by atoms with Gasteiger partial charge in [-0.05, 0) is 47.9 Å². The number of fused-ring (bicyclic) bond motifs is 1. The highest BCUT2D eigenvalue weighted by molar-refractivity contribution is 5.83. The molecular weight excluding hydrogens is 434 g/mol. The van der Waals surface area contributed by atoms with Crippen molar-refractivity contribution in [3.8, 4) is 17.2 Å². The monoisotopic (exact) mass is 457 g/mol. The molecule has 6 heteroatoms. The van der Waals surface area contributed by atoms with Crippen molar-refractivity contribution in [3.63, 3.8) is 0 Å². The second kappa shape index (κ2) is 9.62. The molecule has 0 aliphatic carbocycles. The van der Waals surface area contributed by atoms with Crippen LogP contribution < -0.4 is 5.32 Å². The number of pyridine rings is 1. The molecule has 2 aromatic heterocycles. The predicted molar refractivity (Wildman–Crippen MR) is 136 cm³/mol. The Kier molecular flexibility index (Phi) is 6.06. The van der Waals surface area contributed by atoms with Crippen LogP contribution in [0.2, 0.25) is 0 Å². The van der Waals surface area contributed by atoms with Crippen LogP contribution in [0.3, 0.4) is 0 Å². The van der Waals surface area contributed by atoms with Gasteiger partial charge >= 0.3 is 0 Å². The van der Waals surface area contributed by atoms with Crippen LogP contribution in [0.4, 0.5) is 11.6 Å². The molecule has 0 amide bonds. The van der Waals surface area contributed by atoms with Gasteiger partial charge in [0.15, 0.2) is 5.65 Å². The summed E-state index contributed by atoms with van der Waals surface area (Å²) in [5.74, 6) is 0.627. The zero-order valence-corrected chi connectivity index (χ0v) is 19.3. The maximum atomic E-state index is 12.5. The molecule has 3 aromatic carbocycles. The van der Waals surface area contributed by atoms with Crippen molar-refractivity contribution in [2.24, 2.45) is 0 Å². The first-order valence-corrected chi connectivity index (χ1v) is 11.4. The highest BCUT2D eigenvalue weighted by atomic mass is 16.1. The van der Waals surface area contributed by atoms with E-state index in [1.165, 1.54) is 0 Å². The van der Waals surface area contributed by atoms with Gasteiger partial charge in [0.1, 0.15) is 11.9 Å². The number of carbonyl (C=O) groups excluding carboxylic acids is 1. The number of Topliss-reactive ketones (excluding diaryl/α,β-unsaturated/α-hetero) is 1. The summed E-state index contributed by atoms with van der Waals surface area (Å²) >= 11 is 0. The number of carbonyl (C=O) groups is 1. The molecule has 0 aliphatic heterocycles. The number of nitrogens with one attached hydrogen (secondary N) is 1. The number of ketones is 1. The number of rotatable bonds is 7. The third-order valence-corrected chi connectivity index (χ3v) is 5.94. The fourth-order valence-electron chi connectivity index (χ4n) is 4.16. The highest BCUT2D eigenvalue weighted by Crippen LogP contribution is 2.26. The van der Waals surface area contributed by atoms with Crippen LogP contribution in [0.5, 0.6) is 0 Å². The SMILES string of the molecule is Cc1c(-c2ccc(CC(=O)Cc3ccccc3)cc2)ccc2nc(Nc3ccccc3C#N)nn12. The van der Waals surface area contributed by atoms with Gasteiger partial charge in [0.05, 0.1) is 11.3 Å². The quantitative estimate of drug-likeness (QED) is 0.340. The van der Waals surface area contributed by atoms with Crippen molar-refractivity contribution in [3.05, 3.63) is 113 Å². The molecule has 0 atom stereocenters. The Hall–Kier alpha value is -4.76. The Labute approximate surface area is 203 Å². The van der Waals surface area contributed by atoms with Crippen LogP contribution in [0, 0.1) is 18.3 Å². The molecular formula is C29H23N5O. The lowest BCUT2D eigenvalue weighted by Gasteiger charge is -2.09. The van der Waals surface area contributed by atoms with E-state index in [2.05, 4.69) is 21.5 Å². The lowest BCUT2D eigenvalue weighted by Crippen LogP contribution is -2.06. The predicted octanol–water partition coefficient (Wildman–Crippen LogP) is 5.67. The molecule has 0 unspecified atom stereocenters. The number of nitriles is 1. The number of aryl methyl sites for hydroxylation is 1. The Morgan fingerprint density at radius 1 is 0.886 bits per heavy atom. The van der Waals surface area contributed by atoms with Gasteiger partial charge in [-0.3, -0.25) is 4.79 Å². The molecule has 6 nitrogen and oxygen atoms in total. The summed E-state index contributed by atoms with van der Waals surface area (Å²) in [6, 6.07) is 31.3. The zero-order valence-electron chi connectivity index (χ0n) is 19.3. The van der Waals surface area contributed by atoms with Crippen LogP contribution in [-0.2, 0) is 17.6 Å². The minimum atomic E-state index is 0.196. The van der Waals surface area contributed by atoms with Crippen molar-refractivity contribution in [1.82, 2.24) is 14.6 Å². The molecule has 0 saturated heterocycles. The lowest BCUT2D eigenvalue weighted by molar-refractivity contribution is -0.117. The number of aromatic nitrogens is 3. The van der Waals surface area contributed by atoms with Crippen LogP contribution in [0.1, 0.15) is 22.4 Å². The van der Waals surface area contributed by atoms with Crippen molar-refractivity contribution >= 4 is 23.1 Å². The van der Waals surface area contributed by atoms with Crippen LogP contribution in [-0.4, -0.2) is 20.4 Å². The largest absolute Gasteiger partial charge is 0.322 e. The van der Waals surface area contributed by atoms with Crippen molar-refractivity contribution in [2.45, 2.75) is 19.8 Å². The molecule has 1 N–H and O–H groups in total. The van der Waals surface area contributed by atoms with Gasteiger partial charge in [-0.15, -0.1) is 5.10 Å². The van der Waals surface area contributed by atoms with Gasteiger partial charge in [0, 0.05) is 24.1 Å². The molecule has 5 rings (SSSR count). The number of nitrogens with zero attached hydrogens (tertiary/aromatic N) is 4. The lowest BCUT2D eigenvalue weighted by atomic mass is 9.99. The minimum Gasteiger partial charge on any atom is -0.322 e. The van der Waals surface area contributed by atoms with Crippen molar-refractivity contribution in [2.75, 3.05) is 5.32 Å². The summed E-state index contributed by atoms with van der Waals surface area (Å²) < 4.78 is 1.80. The van der Waals surface area contributed by atoms with Gasteiger partial charge in [0.25, 0.3) is 0 Å². The number of para-hydroxylation sites is 1. The van der Waals surface area contributed by atoms with Crippen LogP contribution in [0.15, 0.2) is 91.0 Å². The maximum absolute atomic E-state index is 12.5. The Morgan fingerprint density at radius 3 is 2.31 bits per heavy atom. The molecule has 35 heavy (non-hydrogen) atoms. The number of hydrogen-bond acceptors (Lipinski definition) is 5. The van der Waals surface area contributed by atoms with Gasteiger partial charge in [-0.2, -0.15) is 10.2 Å². The molecule has 0 saturated carbocycles. The topological polar surface area (TPSA) is 83.1 Å². The summed E-state index contributed by atoms with van der Waals surface area (Å²) in [5, 5.41) is 17.1. The van der Waals surface area contributed by atoms with E-state index < -0.39 is 0 Å². The molecule has 0 radical (unpaired) electrons. The highest BCUT2D eigenvalue weighted by Gasteiger charge is 2.12. The normalized spacial score (nSPS) is 10.7. The van der Waals surface area contributed by atoms with E-state index in [0.29, 0.717) is 35.7 Å². The maximum Gasteiger partial charge on any atom is 0.247 e. The standard InChI is InChI=1S/C29H23N5O/c1-20-26(23-13-11-22(12-14-23)18-25(35)17-21-7-3-2-4-8-21)15-16-28-32-29(33-34(20)28)31-27-10-6-5-9-24(27)19-30/h2-16H,17-18H2,1H3,(H,31,33). The third kappa shape index (κ3) is 4.80. The zero-order chi connectivity index (χ0) is 24.2. The summed E-state index contributed by atoms with van der Waals surface area (Å²) in [7, 11) is 0. The average molecular weight is 458 g/mol. The summed E-state index contributed by atoms with van der Waals surface area (Å²) in [6.45, 7) is 2.00. The number of benzene rings is 3. The molecule has 5 aromatic rings. The van der Waals surface area contributed by atoms with E-state index in [0.717, 1.165) is 27.9 Å². The molecule has 0 bridgehead atoms. The first-order valence-electron chi connectivity index (χ1n) is 11.4. The average Bonchev–Trinajstić information content (AvgIpc) is 3.29. The third-order valence-electron chi connectivity index (χ3n) is 5.94.